The minimum absolute atomic E-state index is 0. The maximum absolute atomic E-state index is 13.0. The van der Waals surface area contributed by atoms with Crippen LogP contribution in [-0.2, 0) is 0 Å². The number of quaternary nitrogens is 1. The molecule has 4 rings (SSSR count). The lowest BCUT2D eigenvalue weighted by Gasteiger charge is -2.33. The number of para-hydroxylation sites is 1. The third kappa shape index (κ3) is 3.61. The molecule has 1 aromatic carbocycles. The van der Waals surface area contributed by atoms with Crippen LogP contribution in [0.3, 0.4) is 0 Å². The summed E-state index contributed by atoms with van der Waals surface area (Å²) in [6, 6.07) is 12.1. The van der Waals surface area contributed by atoms with Gasteiger partial charge in [0.2, 0.25) is 0 Å². The van der Waals surface area contributed by atoms with E-state index >= 15 is 0 Å². The fourth-order valence-corrected chi connectivity index (χ4v) is 4.32. The SMILES string of the molecule is C[NH+]1CCC(NC(=O)N2c3ccccc3Sc3cccnc32)CC1.[Cl-]. The summed E-state index contributed by atoms with van der Waals surface area (Å²) in [4.78, 5) is 22.9. The molecule has 0 atom stereocenters. The number of rotatable bonds is 1. The van der Waals surface area contributed by atoms with Gasteiger partial charge in [0.15, 0.2) is 5.82 Å². The van der Waals surface area contributed by atoms with Gasteiger partial charge in [-0.1, -0.05) is 23.9 Å². The first kappa shape index (κ1) is 18.0. The maximum atomic E-state index is 13.0. The van der Waals surface area contributed by atoms with Gasteiger partial charge in [-0.05, 0) is 24.3 Å². The molecule has 7 heteroatoms. The van der Waals surface area contributed by atoms with Gasteiger partial charge in [0, 0.05) is 30.0 Å². The van der Waals surface area contributed by atoms with Crippen LogP contribution in [0.4, 0.5) is 16.3 Å². The zero-order valence-electron chi connectivity index (χ0n) is 14.0. The number of aromatic nitrogens is 1. The maximum Gasteiger partial charge on any atom is 0.328 e. The van der Waals surface area contributed by atoms with E-state index in [0.29, 0.717) is 0 Å². The number of pyridine rings is 1. The average molecular weight is 377 g/mol. The molecule has 5 nitrogen and oxygen atoms in total. The predicted octanol–water partition coefficient (Wildman–Crippen LogP) is -0.925. The molecule has 0 saturated carbocycles. The van der Waals surface area contributed by atoms with Crippen molar-refractivity contribution in [3.05, 3.63) is 42.6 Å². The Balaban J connectivity index is 0.00000182. The predicted molar refractivity (Wildman–Crippen MR) is 95.1 cm³/mol. The molecule has 1 fully saturated rings. The number of carbonyl (C=O) groups excluding carboxylic acids is 1. The van der Waals surface area contributed by atoms with Crippen molar-refractivity contribution in [2.24, 2.45) is 0 Å². The molecule has 2 aromatic rings. The van der Waals surface area contributed by atoms with E-state index in [9.17, 15) is 4.79 Å². The minimum atomic E-state index is -0.0766. The number of amides is 2. The fraction of sp³-hybridized carbons (Fsp3) is 0.333. The molecule has 2 amide bonds. The third-order valence-electron chi connectivity index (χ3n) is 4.66. The van der Waals surface area contributed by atoms with Crippen LogP contribution in [0, 0.1) is 0 Å². The highest BCUT2D eigenvalue weighted by Gasteiger charge is 2.31. The van der Waals surface area contributed by atoms with E-state index in [1.54, 1.807) is 22.9 Å². The number of nitrogens with zero attached hydrogens (tertiary/aromatic N) is 2. The number of urea groups is 1. The van der Waals surface area contributed by atoms with Crippen LogP contribution in [0.25, 0.3) is 0 Å². The Bertz CT molecular complexity index is 719. The van der Waals surface area contributed by atoms with Crippen LogP contribution < -0.4 is 27.5 Å². The van der Waals surface area contributed by atoms with Gasteiger partial charge >= 0.3 is 6.03 Å². The highest BCUT2D eigenvalue weighted by atomic mass is 35.5. The Morgan fingerprint density at radius 2 is 1.92 bits per heavy atom. The largest absolute Gasteiger partial charge is 1.00 e. The highest BCUT2D eigenvalue weighted by molar-refractivity contribution is 7.99. The van der Waals surface area contributed by atoms with Crippen molar-refractivity contribution in [1.29, 1.82) is 0 Å². The Kier molecular flexibility index (Phi) is 5.51. The molecule has 0 bridgehead atoms. The number of hydrogen-bond donors (Lipinski definition) is 2. The lowest BCUT2D eigenvalue weighted by Crippen LogP contribution is -3.10. The molecule has 0 unspecified atom stereocenters. The van der Waals surface area contributed by atoms with Crippen LogP contribution in [0.15, 0.2) is 52.4 Å². The van der Waals surface area contributed by atoms with Gasteiger partial charge < -0.3 is 22.6 Å². The van der Waals surface area contributed by atoms with Crippen LogP contribution in [-0.4, -0.2) is 37.2 Å². The molecular weight excluding hydrogens is 356 g/mol. The zero-order valence-corrected chi connectivity index (χ0v) is 15.6. The lowest BCUT2D eigenvalue weighted by molar-refractivity contribution is -0.884. The van der Waals surface area contributed by atoms with Crippen LogP contribution >= 0.6 is 11.8 Å². The van der Waals surface area contributed by atoms with Crippen molar-refractivity contribution < 1.29 is 22.1 Å². The van der Waals surface area contributed by atoms with Crippen LogP contribution in [0.5, 0.6) is 0 Å². The standard InChI is InChI=1S/C18H20N4OS.ClH/c1-21-11-8-13(9-12-21)20-18(23)22-14-5-2-3-6-15(14)24-16-7-4-10-19-17(16)22;/h2-7,10,13H,8-9,11-12H2,1H3,(H,20,23);1H. The first-order valence-electron chi connectivity index (χ1n) is 8.36. The van der Waals surface area contributed by atoms with E-state index in [2.05, 4.69) is 23.4 Å². The number of carbonyl (C=O) groups is 1. The van der Waals surface area contributed by atoms with E-state index in [0.717, 1.165) is 47.2 Å². The highest BCUT2D eigenvalue weighted by Crippen LogP contribution is 2.46. The second-order valence-electron chi connectivity index (χ2n) is 6.41. The molecule has 2 aliphatic heterocycles. The second-order valence-corrected chi connectivity index (χ2v) is 7.49. The van der Waals surface area contributed by atoms with Gasteiger partial charge in [-0.2, -0.15) is 0 Å². The first-order valence-corrected chi connectivity index (χ1v) is 9.18. The van der Waals surface area contributed by atoms with E-state index in [-0.39, 0.29) is 24.5 Å². The number of fused-ring (bicyclic) bond motifs is 2. The van der Waals surface area contributed by atoms with E-state index < -0.39 is 0 Å². The first-order chi connectivity index (χ1) is 11.7. The molecule has 132 valence electrons. The summed E-state index contributed by atoms with van der Waals surface area (Å²) in [5, 5.41) is 3.22. The Hall–Kier alpha value is -1.76. The molecule has 0 aliphatic carbocycles. The second kappa shape index (κ2) is 7.64. The van der Waals surface area contributed by atoms with Crippen molar-refractivity contribution in [3.8, 4) is 0 Å². The van der Waals surface area contributed by atoms with Gasteiger partial charge in [-0.25, -0.2) is 14.7 Å². The summed E-state index contributed by atoms with van der Waals surface area (Å²) in [6.45, 7) is 2.21. The van der Waals surface area contributed by atoms with Crippen LogP contribution in [0.1, 0.15) is 12.8 Å². The summed E-state index contributed by atoms with van der Waals surface area (Å²) >= 11 is 1.66. The van der Waals surface area contributed by atoms with E-state index in [4.69, 9.17) is 0 Å². The smallest absolute Gasteiger partial charge is 0.328 e. The van der Waals surface area contributed by atoms with Gasteiger partial charge in [-0.3, -0.25) is 0 Å². The van der Waals surface area contributed by atoms with Gasteiger partial charge in [0.1, 0.15) is 0 Å². The van der Waals surface area contributed by atoms with E-state index in [1.165, 1.54) is 4.90 Å². The van der Waals surface area contributed by atoms with Crippen molar-refractivity contribution in [3.63, 3.8) is 0 Å². The van der Waals surface area contributed by atoms with Gasteiger partial charge in [0.05, 0.1) is 30.7 Å². The number of anilines is 2. The molecule has 2 aliphatic rings. The lowest BCUT2D eigenvalue weighted by atomic mass is 10.1. The van der Waals surface area contributed by atoms with Crippen molar-refractivity contribution in [2.45, 2.75) is 28.7 Å². The number of benzene rings is 1. The third-order valence-corrected chi connectivity index (χ3v) is 5.76. The Morgan fingerprint density at radius 1 is 1.20 bits per heavy atom. The monoisotopic (exact) mass is 376 g/mol. The van der Waals surface area contributed by atoms with Crippen LogP contribution in [0.2, 0.25) is 0 Å². The Labute approximate surface area is 158 Å². The quantitative estimate of drug-likeness (QED) is 0.676. The normalized spacial score (nSPS) is 21.6. The molecular formula is C18H21ClN4OS. The number of halogens is 1. The zero-order chi connectivity index (χ0) is 16.5. The summed E-state index contributed by atoms with van der Waals surface area (Å²) in [5.74, 6) is 0.720. The molecule has 1 saturated heterocycles. The van der Waals surface area contributed by atoms with Crippen molar-refractivity contribution in [2.75, 3.05) is 25.0 Å². The molecule has 2 N–H and O–H groups in total. The molecule has 25 heavy (non-hydrogen) atoms. The minimum Gasteiger partial charge on any atom is -1.00 e. The van der Waals surface area contributed by atoms with Gasteiger partial charge in [0.25, 0.3) is 0 Å². The molecule has 0 spiro atoms. The summed E-state index contributed by atoms with van der Waals surface area (Å²) in [6.07, 6.45) is 3.79. The summed E-state index contributed by atoms with van der Waals surface area (Å²) in [5.41, 5.74) is 0.907. The van der Waals surface area contributed by atoms with Crippen molar-refractivity contribution in [1.82, 2.24) is 10.3 Å². The molecule has 3 heterocycles. The summed E-state index contributed by atoms with van der Waals surface area (Å²) in [7, 11) is 2.20. The number of nitrogens with one attached hydrogen (secondary N) is 2. The Morgan fingerprint density at radius 3 is 2.72 bits per heavy atom. The van der Waals surface area contributed by atoms with Gasteiger partial charge in [-0.15, -0.1) is 0 Å². The average Bonchev–Trinajstić information content (AvgIpc) is 2.61. The fourth-order valence-electron chi connectivity index (χ4n) is 3.29. The number of likely N-dealkylation sites (tertiary alicyclic amines) is 1. The molecule has 0 radical (unpaired) electrons. The molecule has 1 aromatic heterocycles. The summed E-state index contributed by atoms with van der Waals surface area (Å²) < 4.78 is 0. The number of hydrogen-bond acceptors (Lipinski definition) is 3. The van der Waals surface area contributed by atoms with Crippen molar-refractivity contribution >= 4 is 29.3 Å². The van der Waals surface area contributed by atoms with E-state index in [1.807, 2.05) is 30.3 Å². The topological polar surface area (TPSA) is 49.7 Å². The number of piperidine rings is 1.